The Morgan fingerprint density at radius 2 is 2.10 bits per heavy atom. The molecule has 1 amide bonds. The summed E-state index contributed by atoms with van der Waals surface area (Å²) >= 11 is 0. The summed E-state index contributed by atoms with van der Waals surface area (Å²) in [5, 5.41) is 7.05. The van der Waals surface area contributed by atoms with Crippen LogP contribution in [0.3, 0.4) is 0 Å². The van der Waals surface area contributed by atoms with Gasteiger partial charge in [-0.2, -0.15) is 5.10 Å². The number of pyridine rings is 1. The minimum atomic E-state index is -0.381. The third kappa shape index (κ3) is 2.64. The molecule has 2 aromatic rings. The minimum absolute atomic E-state index is 0.120. The molecule has 0 saturated carbocycles. The Labute approximate surface area is 116 Å². The summed E-state index contributed by atoms with van der Waals surface area (Å²) in [7, 11) is 1.86. The molecule has 0 aliphatic rings. The van der Waals surface area contributed by atoms with Gasteiger partial charge in [0, 0.05) is 42.8 Å². The molecule has 0 unspecified atom stereocenters. The van der Waals surface area contributed by atoms with Crippen LogP contribution in [0.1, 0.15) is 33.0 Å². The van der Waals surface area contributed by atoms with Gasteiger partial charge in [-0.3, -0.25) is 14.3 Å². The molecule has 0 bridgehead atoms. The Morgan fingerprint density at radius 1 is 1.40 bits per heavy atom. The maximum atomic E-state index is 12.0. The van der Waals surface area contributed by atoms with E-state index in [9.17, 15) is 9.59 Å². The third-order valence-corrected chi connectivity index (χ3v) is 3.39. The summed E-state index contributed by atoms with van der Waals surface area (Å²) in [5.74, 6) is -0.381. The molecule has 2 N–H and O–H groups in total. The predicted octanol–water partition coefficient (Wildman–Crippen LogP) is 0.964. The Bertz CT molecular complexity index is 712. The van der Waals surface area contributed by atoms with Gasteiger partial charge in [0.15, 0.2) is 5.43 Å². The van der Waals surface area contributed by atoms with Crippen LogP contribution in [-0.2, 0) is 13.6 Å². The van der Waals surface area contributed by atoms with Crippen LogP contribution in [0.2, 0.25) is 0 Å². The fraction of sp³-hybridized carbons (Fsp3) is 0.357. The monoisotopic (exact) mass is 274 g/mol. The number of amides is 1. The standard InChI is InChI=1S/C14H18N4O2/c1-8-5-13(19)12(7-15-8)14(20)16-6-11-9(2)17-18(4)10(11)3/h5,7H,6H2,1-4H3,(H,15,19)(H,16,20). The molecule has 0 aliphatic heterocycles. The molecule has 6 heteroatoms. The van der Waals surface area contributed by atoms with E-state index in [4.69, 9.17) is 0 Å². The average Bonchev–Trinajstić information content (AvgIpc) is 2.61. The van der Waals surface area contributed by atoms with Crippen molar-refractivity contribution in [3.05, 3.63) is 50.7 Å². The van der Waals surface area contributed by atoms with E-state index in [1.165, 1.54) is 12.3 Å². The van der Waals surface area contributed by atoms with Crippen molar-refractivity contribution < 1.29 is 4.79 Å². The molecule has 0 aliphatic carbocycles. The Kier molecular flexibility index (Phi) is 3.74. The van der Waals surface area contributed by atoms with Crippen molar-refractivity contribution in [2.45, 2.75) is 27.3 Å². The Hall–Kier alpha value is -2.37. The fourth-order valence-corrected chi connectivity index (χ4v) is 2.09. The highest BCUT2D eigenvalue weighted by molar-refractivity contribution is 5.93. The van der Waals surface area contributed by atoms with Gasteiger partial charge in [0.1, 0.15) is 5.56 Å². The molecule has 2 aromatic heterocycles. The maximum absolute atomic E-state index is 12.0. The number of H-pyrrole nitrogens is 1. The first-order valence-electron chi connectivity index (χ1n) is 6.36. The summed E-state index contributed by atoms with van der Waals surface area (Å²) in [6, 6.07) is 1.41. The summed E-state index contributed by atoms with van der Waals surface area (Å²) in [6.07, 6.45) is 1.44. The van der Waals surface area contributed by atoms with Gasteiger partial charge in [-0.05, 0) is 20.8 Å². The molecule has 0 aromatic carbocycles. The van der Waals surface area contributed by atoms with Crippen molar-refractivity contribution in [3.63, 3.8) is 0 Å². The lowest BCUT2D eigenvalue weighted by atomic mass is 10.2. The number of nitrogens with zero attached hydrogens (tertiary/aromatic N) is 2. The largest absolute Gasteiger partial charge is 0.364 e. The molecular weight excluding hydrogens is 256 g/mol. The number of hydrogen-bond donors (Lipinski definition) is 2. The molecule has 0 spiro atoms. The van der Waals surface area contributed by atoms with Gasteiger partial charge in [-0.1, -0.05) is 0 Å². The van der Waals surface area contributed by atoms with Gasteiger partial charge < -0.3 is 10.3 Å². The van der Waals surface area contributed by atoms with E-state index in [0.29, 0.717) is 6.54 Å². The SMILES string of the molecule is Cc1cc(=O)c(C(=O)NCc2c(C)nn(C)c2C)c[nH]1. The molecule has 0 fully saturated rings. The number of rotatable bonds is 3. The molecule has 2 heterocycles. The van der Waals surface area contributed by atoms with Gasteiger partial charge in [-0.15, -0.1) is 0 Å². The number of aromatic amines is 1. The van der Waals surface area contributed by atoms with Crippen molar-refractivity contribution in [1.29, 1.82) is 0 Å². The average molecular weight is 274 g/mol. The fourth-order valence-electron chi connectivity index (χ4n) is 2.09. The lowest BCUT2D eigenvalue weighted by Crippen LogP contribution is -2.28. The van der Waals surface area contributed by atoms with Crippen LogP contribution in [0.5, 0.6) is 0 Å². The number of carbonyl (C=O) groups excluding carboxylic acids is 1. The van der Waals surface area contributed by atoms with E-state index in [1.807, 2.05) is 20.9 Å². The van der Waals surface area contributed by atoms with Crippen molar-refractivity contribution in [2.24, 2.45) is 7.05 Å². The van der Waals surface area contributed by atoms with Gasteiger partial charge in [0.05, 0.1) is 5.69 Å². The van der Waals surface area contributed by atoms with E-state index >= 15 is 0 Å². The molecule has 0 atom stereocenters. The van der Waals surface area contributed by atoms with Crippen molar-refractivity contribution in [1.82, 2.24) is 20.1 Å². The minimum Gasteiger partial charge on any atom is -0.364 e. The van der Waals surface area contributed by atoms with Crippen LogP contribution in [0.15, 0.2) is 17.1 Å². The Morgan fingerprint density at radius 3 is 2.65 bits per heavy atom. The first-order chi connectivity index (χ1) is 9.40. The van der Waals surface area contributed by atoms with E-state index in [-0.39, 0.29) is 16.9 Å². The topological polar surface area (TPSA) is 79.8 Å². The van der Waals surface area contributed by atoms with Crippen molar-refractivity contribution in [2.75, 3.05) is 0 Å². The zero-order chi connectivity index (χ0) is 14.9. The first-order valence-corrected chi connectivity index (χ1v) is 6.36. The summed E-state index contributed by atoms with van der Waals surface area (Å²) in [4.78, 5) is 26.6. The highest BCUT2D eigenvalue weighted by Gasteiger charge is 2.13. The van der Waals surface area contributed by atoms with Crippen LogP contribution >= 0.6 is 0 Å². The summed E-state index contributed by atoms with van der Waals surface area (Å²) in [5.41, 5.74) is 3.42. The number of hydrogen-bond acceptors (Lipinski definition) is 3. The number of carbonyl (C=O) groups is 1. The van der Waals surface area contributed by atoms with Crippen LogP contribution in [0, 0.1) is 20.8 Å². The molecule has 20 heavy (non-hydrogen) atoms. The van der Waals surface area contributed by atoms with Crippen molar-refractivity contribution >= 4 is 5.91 Å². The van der Waals surface area contributed by atoms with Crippen LogP contribution < -0.4 is 10.7 Å². The Balaban J connectivity index is 2.15. The molecule has 6 nitrogen and oxygen atoms in total. The molecule has 2 rings (SSSR count). The second-order valence-electron chi connectivity index (χ2n) is 4.85. The second-order valence-corrected chi connectivity index (χ2v) is 4.85. The number of aryl methyl sites for hydroxylation is 3. The van der Waals surface area contributed by atoms with Crippen molar-refractivity contribution in [3.8, 4) is 0 Å². The zero-order valence-electron chi connectivity index (χ0n) is 12.1. The van der Waals surface area contributed by atoms with Gasteiger partial charge >= 0.3 is 0 Å². The maximum Gasteiger partial charge on any atom is 0.257 e. The molecule has 0 radical (unpaired) electrons. The predicted molar refractivity (Wildman–Crippen MR) is 75.7 cm³/mol. The second kappa shape index (κ2) is 5.32. The van der Waals surface area contributed by atoms with Crippen LogP contribution in [-0.4, -0.2) is 20.7 Å². The van der Waals surface area contributed by atoms with Gasteiger partial charge in [-0.25, -0.2) is 0 Å². The summed E-state index contributed by atoms with van der Waals surface area (Å²) < 4.78 is 1.77. The van der Waals surface area contributed by atoms with E-state index < -0.39 is 0 Å². The first kappa shape index (κ1) is 14.0. The molecule has 0 saturated heterocycles. The van der Waals surface area contributed by atoms with E-state index in [2.05, 4.69) is 15.4 Å². The number of aromatic nitrogens is 3. The third-order valence-electron chi connectivity index (χ3n) is 3.39. The molecule has 106 valence electrons. The highest BCUT2D eigenvalue weighted by atomic mass is 16.2. The summed E-state index contributed by atoms with van der Waals surface area (Å²) in [6.45, 7) is 5.97. The van der Waals surface area contributed by atoms with E-state index in [0.717, 1.165) is 22.6 Å². The van der Waals surface area contributed by atoms with E-state index in [1.54, 1.807) is 11.6 Å². The smallest absolute Gasteiger partial charge is 0.257 e. The quantitative estimate of drug-likeness (QED) is 0.875. The highest BCUT2D eigenvalue weighted by Crippen LogP contribution is 2.11. The number of nitrogens with one attached hydrogen (secondary N) is 2. The normalized spacial score (nSPS) is 10.6. The molecular formula is C14H18N4O2. The van der Waals surface area contributed by atoms with Gasteiger partial charge in [0.2, 0.25) is 0 Å². The lowest BCUT2D eigenvalue weighted by molar-refractivity contribution is 0.0949. The lowest BCUT2D eigenvalue weighted by Gasteiger charge is -2.06. The van der Waals surface area contributed by atoms with Gasteiger partial charge in [0.25, 0.3) is 5.91 Å². The van der Waals surface area contributed by atoms with Crippen LogP contribution in [0.4, 0.5) is 0 Å². The zero-order valence-corrected chi connectivity index (χ0v) is 12.1. The van der Waals surface area contributed by atoms with Crippen LogP contribution in [0.25, 0.3) is 0 Å².